The van der Waals surface area contributed by atoms with Crippen molar-refractivity contribution in [1.29, 1.82) is 0 Å². The molecule has 0 unspecified atom stereocenters. The van der Waals surface area contributed by atoms with Gasteiger partial charge in [-0.15, -0.1) is 0 Å². The molecule has 0 spiro atoms. The van der Waals surface area contributed by atoms with Crippen LogP contribution in [0.3, 0.4) is 0 Å². The van der Waals surface area contributed by atoms with E-state index in [4.69, 9.17) is 14.6 Å². The first-order chi connectivity index (χ1) is 19.9. The number of ether oxygens (including phenoxy) is 2. The lowest BCUT2D eigenvalue weighted by molar-refractivity contribution is -0.131. The Morgan fingerprint density at radius 2 is 1.51 bits per heavy atom. The van der Waals surface area contributed by atoms with Gasteiger partial charge in [0.15, 0.2) is 0 Å². The summed E-state index contributed by atoms with van der Waals surface area (Å²) in [5.74, 6) is -0.672. The molecule has 0 fully saturated rings. The van der Waals surface area contributed by atoms with Gasteiger partial charge >= 0.3 is 11.9 Å². The number of unbranched alkanes of at least 4 members (excludes halogenated alkanes) is 5. The zero-order valence-corrected chi connectivity index (χ0v) is 24.0. The molecule has 0 bridgehead atoms. The molecule has 216 valence electrons. The summed E-state index contributed by atoms with van der Waals surface area (Å²) >= 11 is 0.319. The Bertz CT molecular complexity index is 1390. The van der Waals surface area contributed by atoms with Gasteiger partial charge < -0.3 is 19.7 Å². The molecule has 0 amide bonds. The van der Waals surface area contributed by atoms with E-state index in [-0.39, 0.29) is 12.0 Å². The predicted octanol–water partition coefficient (Wildman–Crippen LogP) is 6.43. The van der Waals surface area contributed by atoms with E-state index in [1.165, 1.54) is 36.6 Å². The lowest BCUT2D eigenvalue weighted by atomic mass is 10.00. The van der Waals surface area contributed by atoms with Crippen LogP contribution < -0.4 is 9.47 Å². The van der Waals surface area contributed by atoms with Gasteiger partial charge in [-0.05, 0) is 78.4 Å². The zero-order valence-electron chi connectivity index (χ0n) is 23.2. The molecule has 0 radical (unpaired) electrons. The van der Waals surface area contributed by atoms with Crippen LogP contribution in [0.15, 0.2) is 72.8 Å². The predicted molar refractivity (Wildman–Crippen MR) is 162 cm³/mol. The summed E-state index contributed by atoms with van der Waals surface area (Å²) in [6, 6.07) is 19.9. The number of aryl methyl sites for hydroxylation is 1. The Kier molecular flexibility index (Phi) is 12.9. The first kappa shape index (κ1) is 31.4. The number of aliphatic carboxylic acids is 1. The average molecular weight is 577 g/mol. The highest BCUT2D eigenvalue weighted by atomic mass is 32.1. The number of benzene rings is 3. The van der Waals surface area contributed by atoms with E-state index >= 15 is 0 Å². The summed E-state index contributed by atoms with van der Waals surface area (Å²) in [5, 5.41) is 18.4. The molecule has 7 nitrogen and oxygen atoms in total. The quantitative estimate of drug-likeness (QED) is 0.0825. The van der Waals surface area contributed by atoms with E-state index in [2.05, 4.69) is 12.1 Å². The summed E-state index contributed by atoms with van der Waals surface area (Å²) < 4.78 is 23.1. The molecule has 0 heterocycles. The molecule has 0 aliphatic carbocycles. The van der Waals surface area contributed by atoms with Crippen molar-refractivity contribution < 1.29 is 33.5 Å². The van der Waals surface area contributed by atoms with Crippen molar-refractivity contribution >= 4 is 34.1 Å². The van der Waals surface area contributed by atoms with Crippen molar-refractivity contribution in [3.8, 4) is 11.5 Å². The molecule has 0 aromatic heterocycles. The maximum atomic E-state index is 11.9. The molecule has 0 saturated carbocycles. The van der Waals surface area contributed by atoms with Crippen LogP contribution in [0, 0.1) is 0 Å². The Morgan fingerprint density at radius 1 is 0.829 bits per heavy atom. The smallest absolute Gasteiger partial charge is 0.335 e. The number of hydrogen-bond acceptors (Lipinski definition) is 5. The molecule has 0 saturated heterocycles. The van der Waals surface area contributed by atoms with E-state index in [1.807, 2.05) is 18.2 Å². The molecule has 3 aromatic rings. The SMILES string of the molecule is COc1ccc(CCCCCCCCOc2ccc(CC(=S=O)c3cccc(C(=O)O)c3)cc2C=CC(=O)O)cc1. The number of hydrogen-bond donors (Lipinski definition) is 2. The normalized spacial score (nSPS) is 10.9. The Balaban J connectivity index is 1.49. The van der Waals surface area contributed by atoms with E-state index in [9.17, 15) is 18.9 Å². The standard InChI is InChI=1S/C33H36O7S/c1-39-29-16-12-24(13-17-29)9-6-4-2-3-5-7-20-40-30-18-14-25(21-26(30)15-19-32(34)35)22-31(41-38)27-10-8-11-28(23-27)33(36)37/h8,10-19,21,23H,2-7,9,20,22H2,1H3,(H,34,35)(H,36,37). The van der Waals surface area contributed by atoms with Crippen molar-refractivity contribution in [2.24, 2.45) is 0 Å². The molecule has 0 atom stereocenters. The molecule has 3 aromatic carbocycles. The van der Waals surface area contributed by atoms with Crippen LogP contribution in [0.4, 0.5) is 0 Å². The fraction of sp³-hybridized carbons (Fsp3) is 0.303. The van der Waals surface area contributed by atoms with Gasteiger partial charge in [-0.1, -0.05) is 56.0 Å². The highest BCUT2D eigenvalue weighted by Gasteiger charge is 2.11. The van der Waals surface area contributed by atoms with Gasteiger partial charge in [0.25, 0.3) is 0 Å². The first-order valence-corrected chi connectivity index (χ1v) is 14.4. The minimum Gasteiger partial charge on any atom is -0.497 e. The summed E-state index contributed by atoms with van der Waals surface area (Å²) in [7, 11) is 1.67. The molecule has 3 rings (SSSR count). The Morgan fingerprint density at radius 3 is 2.20 bits per heavy atom. The minimum atomic E-state index is -1.07. The molecule has 8 heteroatoms. The van der Waals surface area contributed by atoms with Gasteiger partial charge in [0.2, 0.25) is 0 Å². The zero-order chi connectivity index (χ0) is 29.5. The number of carbonyl (C=O) groups is 2. The Labute approximate surface area is 244 Å². The third-order valence-electron chi connectivity index (χ3n) is 6.65. The molecule has 41 heavy (non-hydrogen) atoms. The van der Waals surface area contributed by atoms with E-state index in [0.717, 1.165) is 49.5 Å². The third-order valence-corrected chi connectivity index (χ3v) is 7.23. The number of aromatic carboxylic acids is 1. The van der Waals surface area contributed by atoms with Crippen molar-refractivity contribution in [3.05, 3.63) is 101 Å². The summed E-state index contributed by atoms with van der Waals surface area (Å²) in [6.07, 6.45) is 10.5. The average Bonchev–Trinajstić information content (AvgIpc) is 2.98. The molecule has 0 aliphatic heterocycles. The highest BCUT2D eigenvalue weighted by molar-refractivity contribution is 7.67. The minimum absolute atomic E-state index is 0.108. The number of rotatable bonds is 17. The van der Waals surface area contributed by atoms with Gasteiger partial charge in [0.1, 0.15) is 11.5 Å². The molecule has 0 aliphatic rings. The number of carboxylic acids is 2. The molecular formula is C33H36O7S. The van der Waals surface area contributed by atoms with Gasteiger partial charge in [-0.25, -0.2) is 13.8 Å². The van der Waals surface area contributed by atoms with E-state index in [1.54, 1.807) is 31.4 Å². The maximum absolute atomic E-state index is 11.9. The first-order valence-electron chi connectivity index (χ1n) is 13.7. The summed E-state index contributed by atoms with van der Waals surface area (Å²) in [6.45, 7) is 0.523. The van der Waals surface area contributed by atoms with Crippen LogP contribution in [0.2, 0.25) is 0 Å². The largest absolute Gasteiger partial charge is 0.497 e. The van der Waals surface area contributed by atoms with Gasteiger partial charge in [-0.3, -0.25) is 0 Å². The van der Waals surface area contributed by atoms with Gasteiger partial charge in [0, 0.05) is 18.1 Å². The second-order valence-electron chi connectivity index (χ2n) is 9.68. The van der Waals surface area contributed by atoms with Crippen LogP contribution >= 0.6 is 0 Å². The topological polar surface area (TPSA) is 110 Å². The van der Waals surface area contributed by atoms with Crippen LogP contribution in [-0.2, 0) is 28.9 Å². The monoisotopic (exact) mass is 576 g/mol. The molecule has 2 N–H and O–H groups in total. The van der Waals surface area contributed by atoms with Gasteiger partial charge in [0.05, 0.1) is 35.4 Å². The number of methoxy groups -OCH3 is 1. The van der Waals surface area contributed by atoms with Crippen LogP contribution in [0.5, 0.6) is 11.5 Å². The van der Waals surface area contributed by atoms with Crippen molar-refractivity contribution in [3.63, 3.8) is 0 Å². The van der Waals surface area contributed by atoms with Crippen LogP contribution in [-0.4, -0.2) is 44.9 Å². The maximum Gasteiger partial charge on any atom is 0.335 e. The summed E-state index contributed by atoms with van der Waals surface area (Å²) in [5.41, 5.74) is 3.38. The third kappa shape index (κ3) is 10.7. The van der Waals surface area contributed by atoms with Crippen LogP contribution in [0.25, 0.3) is 6.08 Å². The van der Waals surface area contributed by atoms with Crippen molar-refractivity contribution in [2.75, 3.05) is 13.7 Å². The van der Waals surface area contributed by atoms with Crippen molar-refractivity contribution in [1.82, 2.24) is 0 Å². The molecular weight excluding hydrogens is 540 g/mol. The second-order valence-corrected chi connectivity index (χ2v) is 10.3. The van der Waals surface area contributed by atoms with E-state index < -0.39 is 11.9 Å². The van der Waals surface area contributed by atoms with Crippen molar-refractivity contribution in [2.45, 2.75) is 51.4 Å². The van der Waals surface area contributed by atoms with E-state index in [0.29, 0.717) is 39.6 Å². The fourth-order valence-electron chi connectivity index (χ4n) is 4.43. The Hall–Kier alpha value is -4.17. The lowest BCUT2D eigenvalue weighted by Crippen LogP contribution is -2.08. The second kappa shape index (κ2) is 16.8. The number of carboxylic acid groups (broad SMARTS) is 2. The highest BCUT2D eigenvalue weighted by Crippen LogP contribution is 2.24. The fourth-order valence-corrected chi connectivity index (χ4v) is 4.88. The van der Waals surface area contributed by atoms with Crippen LogP contribution in [0.1, 0.15) is 71.1 Å². The summed E-state index contributed by atoms with van der Waals surface area (Å²) in [4.78, 5) is 22.9. The van der Waals surface area contributed by atoms with Gasteiger partial charge in [-0.2, -0.15) is 0 Å². The lowest BCUT2D eigenvalue weighted by Gasteiger charge is -2.12.